The number of hydrogen-bond donors (Lipinski definition) is 2. The predicted octanol–water partition coefficient (Wildman–Crippen LogP) is 3.89. The van der Waals surface area contributed by atoms with E-state index < -0.39 is 0 Å². The van der Waals surface area contributed by atoms with Crippen molar-refractivity contribution >= 4 is 45.9 Å². The van der Waals surface area contributed by atoms with Crippen LogP contribution in [0.3, 0.4) is 0 Å². The lowest BCUT2D eigenvalue weighted by molar-refractivity contribution is -0.0828. The van der Waals surface area contributed by atoms with Gasteiger partial charge in [0.2, 0.25) is 0 Å². The van der Waals surface area contributed by atoms with Crippen molar-refractivity contribution in [3.8, 4) is 0 Å². The van der Waals surface area contributed by atoms with Gasteiger partial charge < -0.3 is 20.1 Å². The van der Waals surface area contributed by atoms with Crippen molar-refractivity contribution in [2.45, 2.75) is 38.2 Å². The summed E-state index contributed by atoms with van der Waals surface area (Å²) in [6, 6.07) is 5.20. The minimum absolute atomic E-state index is 0. The molecule has 27 heavy (non-hydrogen) atoms. The summed E-state index contributed by atoms with van der Waals surface area (Å²) in [5, 5.41) is 6.58. The fourth-order valence-electron chi connectivity index (χ4n) is 2.95. The molecule has 8 heteroatoms. The molecule has 0 amide bonds. The normalized spacial score (nSPS) is 16.5. The van der Waals surface area contributed by atoms with Crippen molar-refractivity contribution in [2.24, 2.45) is 4.99 Å². The third-order valence-electron chi connectivity index (χ3n) is 4.64. The fraction of sp³-hybridized carbons (Fsp3) is 0.632. The first-order valence-corrected chi connectivity index (χ1v) is 9.97. The standard InChI is InChI=1S/C19H29BrFN3O2.HI/c1-3-22-18(24-14-19(25-2)8-11-26-12-9-19)23-10-4-5-15-6-7-16(20)13-17(15)21;/h6-7,13H,3-5,8-12,14H2,1-2H3,(H2,22,23,24);1H. The zero-order valence-corrected chi connectivity index (χ0v) is 19.9. The lowest BCUT2D eigenvalue weighted by atomic mass is 9.94. The summed E-state index contributed by atoms with van der Waals surface area (Å²) in [7, 11) is 1.74. The zero-order valence-electron chi connectivity index (χ0n) is 16.0. The molecule has 0 aliphatic carbocycles. The highest BCUT2D eigenvalue weighted by Gasteiger charge is 2.32. The highest BCUT2D eigenvalue weighted by Crippen LogP contribution is 2.24. The van der Waals surface area contributed by atoms with Crippen molar-refractivity contribution < 1.29 is 13.9 Å². The lowest BCUT2D eigenvalue weighted by Crippen LogP contribution is -2.44. The second kappa shape index (κ2) is 12.9. The van der Waals surface area contributed by atoms with Gasteiger partial charge in [-0.2, -0.15) is 0 Å². The van der Waals surface area contributed by atoms with E-state index >= 15 is 0 Å². The van der Waals surface area contributed by atoms with Gasteiger partial charge in [-0.1, -0.05) is 22.0 Å². The van der Waals surface area contributed by atoms with Gasteiger partial charge in [-0.3, -0.25) is 4.99 Å². The summed E-state index contributed by atoms with van der Waals surface area (Å²) in [6.07, 6.45) is 3.22. The molecule has 0 radical (unpaired) electrons. The molecule has 2 N–H and O–H groups in total. The first-order valence-electron chi connectivity index (χ1n) is 9.17. The van der Waals surface area contributed by atoms with Crippen LogP contribution in [0.1, 0.15) is 31.7 Å². The van der Waals surface area contributed by atoms with E-state index in [9.17, 15) is 4.39 Å². The number of hydrogen-bond acceptors (Lipinski definition) is 3. The number of benzene rings is 1. The molecule has 0 aromatic heterocycles. The Labute approximate surface area is 187 Å². The number of guanidine groups is 1. The number of aliphatic imine (C=N–C) groups is 1. The summed E-state index contributed by atoms with van der Waals surface area (Å²) >= 11 is 3.28. The molecular formula is C19H30BrFIN3O2. The van der Waals surface area contributed by atoms with E-state index in [4.69, 9.17) is 9.47 Å². The molecule has 0 bridgehead atoms. The first-order chi connectivity index (χ1) is 12.6. The molecule has 2 rings (SSSR count). The number of ether oxygens (including phenoxy) is 2. The Bertz CT molecular complexity index is 598. The smallest absolute Gasteiger partial charge is 0.191 e. The summed E-state index contributed by atoms with van der Waals surface area (Å²) in [5.41, 5.74) is 0.499. The molecule has 1 heterocycles. The topological polar surface area (TPSA) is 54.9 Å². The molecule has 1 saturated heterocycles. The number of nitrogens with zero attached hydrogens (tertiary/aromatic N) is 1. The molecule has 0 saturated carbocycles. The van der Waals surface area contributed by atoms with Gasteiger partial charge in [0, 0.05) is 50.7 Å². The Morgan fingerprint density at radius 1 is 1.33 bits per heavy atom. The van der Waals surface area contributed by atoms with Crippen LogP contribution < -0.4 is 10.6 Å². The maximum absolute atomic E-state index is 13.9. The predicted molar refractivity (Wildman–Crippen MR) is 122 cm³/mol. The molecule has 1 aliphatic rings. The summed E-state index contributed by atoms with van der Waals surface area (Å²) in [6.45, 7) is 5.58. The quantitative estimate of drug-likeness (QED) is 0.220. The Morgan fingerprint density at radius 3 is 2.70 bits per heavy atom. The fourth-order valence-corrected chi connectivity index (χ4v) is 3.28. The van der Waals surface area contributed by atoms with Gasteiger partial charge in [0.25, 0.3) is 0 Å². The molecule has 1 aromatic rings. The van der Waals surface area contributed by atoms with Crippen LogP contribution in [0.4, 0.5) is 4.39 Å². The van der Waals surface area contributed by atoms with Crippen LogP contribution in [0.25, 0.3) is 0 Å². The highest BCUT2D eigenvalue weighted by atomic mass is 127. The van der Waals surface area contributed by atoms with Crippen molar-refractivity contribution in [2.75, 3.05) is 40.0 Å². The largest absolute Gasteiger partial charge is 0.381 e. The van der Waals surface area contributed by atoms with E-state index in [1.807, 2.05) is 19.1 Å². The molecule has 0 unspecified atom stereocenters. The number of aryl methyl sites for hydroxylation is 1. The van der Waals surface area contributed by atoms with E-state index in [0.717, 1.165) is 48.3 Å². The van der Waals surface area contributed by atoms with Gasteiger partial charge in [-0.05, 0) is 37.5 Å². The van der Waals surface area contributed by atoms with Gasteiger partial charge in [0.1, 0.15) is 5.82 Å². The first kappa shape index (κ1) is 24.6. The van der Waals surface area contributed by atoms with Crippen molar-refractivity contribution in [1.29, 1.82) is 0 Å². The summed E-state index contributed by atoms with van der Waals surface area (Å²) in [4.78, 5) is 4.69. The van der Waals surface area contributed by atoms with E-state index in [-0.39, 0.29) is 35.4 Å². The van der Waals surface area contributed by atoms with Gasteiger partial charge in [-0.25, -0.2) is 4.39 Å². The van der Waals surface area contributed by atoms with Crippen LogP contribution in [-0.2, 0) is 15.9 Å². The molecular weight excluding hydrogens is 528 g/mol. The summed E-state index contributed by atoms with van der Waals surface area (Å²) in [5.74, 6) is 0.605. The van der Waals surface area contributed by atoms with E-state index in [1.165, 1.54) is 6.07 Å². The van der Waals surface area contributed by atoms with Crippen LogP contribution in [0.5, 0.6) is 0 Å². The Balaban J connectivity index is 0.00000364. The number of halogens is 3. The van der Waals surface area contributed by atoms with Crippen LogP contribution in [0.15, 0.2) is 27.7 Å². The van der Waals surface area contributed by atoms with Gasteiger partial charge >= 0.3 is 0 Å². The van der Waals surface area contributed by atoms with E-state index in [2.05, 4.69) is 31.6 Å². The maximum Gasteiger partial charge on any atom is 0.191 e. The molecule has 1 aliphatic heterocycles. The van der Waals surface area contributed by atoms with Crippen LogP contribution in [-0.4, -0.2) is 51.5 Å². The van der Waals surface area contributed by atoms with Crippen molar-refractivity contribution in [3.63, 3.8) is 0 Å². The molecule has 154 valence electrons. The zero-order chi connectivity index (χ0) is 18.8. The number of rotatable bonds is 8. The Hall–Kier alpha value is -0.450. The molecule has 0 atom stereocenters. The SMILES string of the molecule is CCNC(=NCC1(OC)CCOCC1)NCCCc1ccc(Br)cc1F.I. The average molecular weight is 558 g/mol. The molecule has 1 aromatic carbocycles. The van der Waals surface area contributed by atoms with Crippen molar-refractivity contribution in [1.82, 2.24) is 10.6 Å². The highest BCUT2D eigenvalue weighted by molar-refractivity contribution is 14.0. The Morgan fingerprint density at radius 2 is 2.07 bits per heavy atom. The Kier molecular flexibility index (Phi) is 11.7. The summed E-state index contributed by atoms with van der Waals surface area (Å²) < 4.78 is 25.8. The maximum atomic E-state index is 13.9. The lowest BCUT2D eigenvalue weighted by Gasteiger charge is -2.34. The van der Waals surface area contributed by atoms with Gasteiger partial charge in [0.05, 0.1) is 12.1 Å². The van der Waals surface area contributed by atoms with Crippen LogP contribution in [0, 0.1) is 5.82 Å². The van der Waals surface area contributed by atoms with E-state index in [1.54, 1.807) is 7.11 Å². The van der Waals surface area contributed by atoms with Gasteiger partial charge in [0.15, 0.2) is 5.96 Å². The minimum Gasteiger partial charge on any atom is -0.381 e. The molecule has 0 spiro atoms. The molecule has 5 nitrogen and oxygen atoms in total. The second-order valence-corrected chi connectivity index (χ2v) is 7.38. The van der Waals surface area contributed by atoms with Gasteiger partial charge in [-0.15, -0.1) is 24.0 Å². The number of nitrogens with one attached hydrogen (secondary N) is 2. The third-order valence-corrected chi connectivity index (χ3v) is 5.13. The monoisotopic (exact) mass is 557 g/mol. The van der Waals surface area contributed by atoms with Crippen molar-refractivity contribution in [3.05, 3.63) is 34.1 Å². The molecule has 1 fully saturated rings. The minimum atomic E-state index is -0.235. The average Bonchev–Trinajstić information content (AvgIpc) is 2.65. The number of methoxy groups -OCH3 is 1. The van der Waals surface area contributed by atoms with E-state index in [0.29, 0.717) is 26.2 Å². The third kappa shape index (κ3) is 8.21. The van der Waals surface area contributed by atoms with Crippen LogP contribution >= 0.6 is 39.9 Å². The second-order valence-electron chi connectivity index (χ2n) is 6.46. The van der Waals surface area contributed by atoms with Crippen LogP contribution in [0.2, 0.25) is 0 Å².